The van der Waals surface area contributed by atoms with Gasteiger partial charge >= 0.3 is 11.9 Å². The quantitative estimate of drug-likeness (QED) is 0.144. The highest BCUT2D eigenvalue weighted by Crippen LogP contribution is 2.19. The number of imide groups is 1. The zero-order valence-electron chi connectivity index (χ0n) is 21.7. The lowest BCUT2D eigenvalue weighted by Gasteiger charge is -2.19. The van der Waals surface area contributed by atoms with Crippen LogP contribution in [0.3, 0.4) is 0 Å². The van der Waals surface area contributed by atoms with E-state index in [4.69, 9.17) is 21.8 Å². The van der Waals surface area contributed by atoms with Crippen molar-refractivity contribution in [3.05, 3.63) is 41.7 Å². The second-order valence-electron chi connectivity index (χ2n) is 8.80. The van der Waals surface area contributed by atoms with Crippen LogP contribution in [0.4, 0.5) is 17.5 Å². The fraction of sp³-hybridized carbons (Fsp3) is 0.292. The first-order valence-electron chi connectivity index (χ1n) is 12.0. The van der Waals surface area contributed by atoms with Gasteiger partial charge in [0.25, 0.3) is 17.7 Å². The molecule has 3 heterocycles. The topological polar surface area (TPSA) is 268 Å². The number of benzene rings is 1. The Morgan fingerprint density at radius 3 is 2.22 bits per heavy atom. The van der Waals surface area contributed by atoms with Crippen LogP contribution >= 0.6 is 0 Å². The Bertz CT molecular complexity index is 1470. The molecule has 1 aromatic carbocycles. The molecule has 4 rings (SSSR count). The third-order valence-corrected chi connectivity index (χ3v) is 5.75. The number of nitrogens with zero attached hydrogens (tertiary/aromatic N) is 6. The molecule has 0 bridgehead atoms. The van der Waals surface area contributed by atoms with Gasteiger partial charge in [-0.15, -0.1) is 0 Å². The van der Waals surface area contributed by atoms with Crippen molar-refractivity contribution < 1.29 is 39.4 Å². The molecule has 0 aliphatic carbocycles. The fourth-order valence-corrected chi connectivity index (χ4v) is 3.59. The van der Waals surface area contributed by atoms with Crippen molar-refractivity contribution in [1.29, 1.82) is 0 Å². The summed E-state index contributed by atoms with van der Waals surface area (Å²) < 4.78 is 0. The number of amides is 3. The standard InChI is InChI=1S/C20H22N8O5.C4H5NO3/c1-28(9-11-8-23-17-15(24-11)16(21)26-20(22)27-17)12-4-2-10(3-5-12)18(31)25-13(19(32)33)6-7-14(29)30;6-3-1-2-4(7)5(3)8/h2-5,8,13H,6-7,9H2,1H3,(H,25,31)(H,29,30)(H,32,33)(H4,21,22,23,26,27);8H,1-2H2/t13-;/m0./s1. The molecule has 17 heteroatoms. The van der Waals surface area contributed by atoms with Gasteiger partial charge in [0.1, 0.15) is 6.04 Å². The van der Waals surface area contributed by atoms with Gasteiger partial charge in [0.15, 0.2) is 17.0 Å². The molecule has 2 aromatic heterocycles. The number of nitrogens with two attached hydrogens (primary N) is 2. The normalized spacial score (nSPS) is 13.4. The van der Waals surface area contributed by atoms with Gasteiger partial charge in [-0.3, -0.25) is 24.4 Å². The smallest absolute Gasteiger partial charge is 0.326 e. The zero-order valence-corrected chi connectivity index (χ0v) is 21.7. The highest BCUT2D eigenvalue weighted by molar-refractivity contribution is 6.00. The Morgan fingerprint density at radius 2 is 1.68 bits per heavy atom. The second-order valence-corrected chi connectivity index (χ2v) is 8.80. The van der Waals surface area contributed by atoms with Crippen molar-refractivity contribution >= 4 is 58.3 Å². The summed E-state index contributed by atoms with van der Waals surface area (Å²) in [6.45, 7) is 0.370. The summed E-state index contributed by atoms with van der Waals surface area (Å²) in [6.07, 6.45) is 1.26. The molecule has 0 saturated carbocycles. The zero-order chi connectivity index (χ0) is 30.3. The Kier molecular flexibility index (Phi) is 9.59. The van der Waals surface area contributed by atoms with Gasteiger partial charge in [-0.25, -0.2) is 14.8 Å². The van der Waals surface area contributed by atoms with Crippen LogP contribution in [0.25, 0.3) is 11.2 Å². The van der Waals surface area contributed by atoms with E-state index in [1.54, 1.807) is 18.3 Å². The van der Waals surface area contributed by atoms with Crippen molar-refractivity contribution in [2.45, 2.75) is 38.3 Å². The summed E-state index contributed by atoms with van der Waals surface area (Å²) in [5.41, 5.74) is 13.7. The number of nitrogens with one attached hydrogen (secondary N) is 1. The van der Waals surface area contributed by atoms with Crippen LogP contribution in [0, 0.1) is 0 Å². The molecule has 1 aliphatic heterocycles. The fourth-order valence-electron chi connectivity index (χ4n) is 3.59. The van der Waals surface area contributed by atoms with Crippen molar-refractivity contribution in [3.8, 4) is 0 Å². The minimum atomic E-state index is -1.30. The molecule has 8 N–H and O–H groups in total. The maximum Gasteiger partial charge on any atom is 0.326 e. The highest BCUT2D eigenvalue weighted by atomic mass is 16.5. The summed E-state index contributed by atoms with van der Waals surface area (Å²) in [5, 5.41) is 28.8. The van der Waals surface area contributed by atoms with Crippen LogP contribution in [0.1, 0.15) is 41.7 Å². The number of hydroxylamine groups is 2. The van der Waals surface area contributed by atoms with Crippen LogP contribution in [0.2, 0.25) is 0 Å². The number of fused-ring (bicyclic) bond motifs is 1. The molecule has 3 amide bonds. The summed E-state index contributed by atoms with van der Waals surface area (Å²) in [4.78, 5) is 73.2. The number of hydrogen-bond donors (Lipinski definition) is 6. The average Bonchev–Trinajstić information content (AvgIpc) is 3.22. The van der Waals surface area contributed by atoms with Gasteiger partial charge in [-0.1, -0.05) is 0 Å². The van der Waals surface area contributed by atoms with E-state index in [1.807, 2.05) is 11.9 Å². The van der Waals surface area contributed by atoms with Crippen LogP contribution in [-0.2, 0) is 25.7 Å². The Balaban J connectivity index is 0.000000496. The van der Waals surface area contributed by atoms with Gasteiger partial charge in [0.2, 0.25) is 5.95 Å². The predicted octanol–water partition coefficient (Wildman–Crippen LogP) is -0.207. The largest absolute Gasteiger partial charge is 0.481 e. The maximum atomic E-state index is 12.4. The van der Waals surface area contributed by atoms with E-state index in [1.165, 1.54) is 12.1 Å². The molecule has 3 aromatic rings. The van der Waals surface area contributed by atoms with E-state index in [9.17, 15) is 29.1 Å². The van der Waals surface area contributed by atoms with Crippen molar-refractivity contribution in [3.63, 3.8) is 0 Å². The number of anilines is 3. The molecule has 216 valence electrons. The van der Waals surface area contributed by atoms with Gasteiger partial charge in [0, 0.05) is 37.6 Å². The molecule has 41 heavy (non-hydrogen) atoms. The van der Waals surface area contributed by atoms with Gasteiger partial charge < -0.3 is 31.9 Å². The number of carbonyl (C=O) groups is 5. The van der Waals surface area contributed by atoms with Gasteiger partial charge in [-0.05, 0) is 30.7 Å². The van der Waals surface area contributed by atoms with Crippen LogP contribution in [0.5, 0.6) is 0 Å². The summed E-state index contributed by atoms with van der Waals surface area (Å²) in [7, 11) is 1.82. The number of nitrogen functional groups attached to an aromatic ring is 2. The molecule has 1 saturated heterocycles. The number of aromatic nitrogens is 4. The number of aliphatic carboxylic acids is 2. The van der Waals surface area contributed by atoms with Crippen molar-refractivity contribution in [2.24, 2.45) is 0 Å². The molecule has 17 nitrogen and oxygen atoms in total. The molecule has 1 fully saturated rings. The molecule has 0 spiro atoms. The van der Waals surface area contributed by atoms with Gasteiger partial charge in [0.05, 0.1) is 18.4 Å². The lowest BCUT2D eigenvalue weighted by Crippen LogP contribution is -2.41. The number of carbonyl (C=O) groups excluding carboxylic acids is 3. The minimum Gasteiger partial charge on any atom is -0.481 e. The molecule has 0 unspecified atom stereocenters. The summed E-state index contributed by atoms with van der Waals surface area (Å²) in [5.74, 6) is -3.92. The Hall–Kier alpha value is -5.45. The number of carboxylic acid groups (broad SMARTS) is 2. The molecule has 1 aliphatic rings. The molecule has 1 atom stereocenters. The highest BCUT2D eigenvalue weighted by Gasteiger charge is 2.27. The lowest BCUT2D eigenvalue weighted by molar-refractivity contribution is -0.171. The first-order valence-corrected chi connectivity index (χ1v) is 12.0. The van der Waals surface area contributed by atoms with E-state index in [-0.39, 0.29) is 48.1 Å². The molecule has 0 radical (unpaired) electrons. The SMILES string of the molecule is CN(Cc1cnc2nc(N)nc(N)c2n1)c1ccc(C(=O)N[C@@H](CCC(=O)O)C(=O)O)cc1.O=C1CCC(=O)N1O. The summed E-state index contributed by atoms with van der Waals surface area (Å²) >= 11 is 0. The van der Waals surface area contributed by atoms with Crippen LogP contribution in [-0.4, -0.2) is 83.2 Å². The third-order valence-electron chi connectivity index (χ3n) is 5.75. The molecular formula is C24H27N9O8. The van der Waals surface area contributed by atoms with E-state index >= 15 is 0 Å². The first kappa shape index (κ1) is 30.1. The lowest BCUT2D eigenvalue weighted by atomic mass is 10.1. The number of carboxylic acids is 2. The Morgan fingerprint density at radius 1 is 1.05 bits per heavy atom. The van der Waals surface area contributed by atoms with Crippen LogP contribution < -0.4 is 21.7 Å². The van der Waals surface area contributed by atoms with E-state index < -0.39 is 35.7 Å². The van der Waals surface area contributed by atoms with Crippen molar-refractivity contribution in [1.82, 2.24) is 30.3 Å². The van der Waals surface area contributed by atoms with Crippen LogP contribution in [0.15, 0.2) is 30.5 Å². The number of rotatable bonds is 9. The van der Waals surface area contributed by atoms with E-state index in [0.717, 1.165) is 5.69 Å². The predicted molar refractivity (Wildman–Crippen MR) is 141 cm³/mol. The van der Waals surface area contributed by atoms with Gasteiger partial charge in [-0.2, -0.15) is 15.0 Å². The summed E-state index contributed by atoms with van der Waals surface area (Å²) in [6, 6.07) is 5.16. The first-order chi connectivity index (χ1) is 19.3. The second kappa shape index (κ2) is 13.1. The van der Waals surface area contributed by atoms with Crippen molar-refractivity contribution in [2.75, 3.05) is 23.4 Å². The maximum absolute atomic E-state index is 12.4. The monoisotopic (exact) mass is 569 g/mol. The van der Waals surface area contributed by atoms with E-state index in [0.29, 0.717) is 23.4 Å². The third kappa shape index (κ3) is 8.02. The number of hydrogen-bond acceptors (Lipinski definition) is 13. The molecular weight excluding hydrogens is 542 g/mol. The minimum absolute atomic E-state index is 0.0138. The average molecular weight is 570 g/mol. The van der Waals surface area contributed by atoms with E-state index in [2.05, 4.69) is 25.3 Å². The Labute approximate surface area is 231 Å².